The van der Waals surface area contributed by atoms with Gasteiger partial charge in [-0.15, -0.1) is 10.2 Å². The molecule has 2 unspecified atom stereocenters. The summed E-state index contributed by atoms with van der Waals surface area (Å²) >= 11 is 1.49. The highest BCUT2D eigenvalue weighted by molar-refractivity contribution is 7.99. The molecule has 2 heterocycles. The second kappa shape index (κ2) is 6.16. The summed E-state index contributed by atoms with van der Waals surface area (Å²) < 4.78 is 1.86. The Balaban J connectivity index is 1.59. The predicted octanol–water partition coefficient (Wildman–Crippen LogP) is 2.09. The Morgan fingerprint density at radius 2 is 2.15 bits per heavy atom. The van der Waals surface area contributed by atoms with Crippen molar-refractivity contribution in [3.05, 3.63) is 6.33 Å². The largest absolute Gasteiger partial charge is 0.339 e. The Bertz CT molecular complexity index is 473. The minimum absolute atomic E-state index is 0.273. The van der Waals surface area contributed by atoms with E-state index in [1.165, 1.54) is 50.3 Å². The van der Waals surface area contributed by atoms with Gasteiger partial charge in [0.15, 0.2) is 5.16 Å². The van der Waals surface area contributed by atoms with Crippen molar-refractivity contribution in [2.75, 3.05) is 12.3 Å². The van der Waals surface area contributed by atoms with Crippen LogP contribution in [0.2, 0.25) is 0 Å². The van der Waals surface area contributed by atoms with Crippen molar-refractivity contribution in [2.24, 2.45) is 13.0 Å². The van der Waals surface area contributed by atoms with E-state index in [1.807, 2.05) is 11.6 Å². The standard InChI is InChI=1S/C14H22N4OS/c1-17-10-15-16-14(17)20-9-13(19)18-8-4-6-11-5-2-3-7-12(11)18/h10-12H,2-9H2,1H3. The highest BCUT2D eigenvalue weighted by Crippen LogP contribution is 2.35. The smallest absolute Gasteiger partial charge is 0.233 e. The van der Waals surface area contributed by atoms with E-state index in [-0.39, 0.29) is 5.91 Å². The number of rotatable bonds is 3. The summed E-state index contributed by atoms with van der Waals surface area (Å²) in [7, 11) is 1.91. The predicted molar refractivity (Wildman–Crippen MR) is 78.4 cm³/mol. The van der Waals surface area contributed by atoms with E-state index in [2.05, 4.69) is 15.1 Å². The third kappa shape index (κ3) is 2.85. The van der Waals surface area contributed by atoms with Crippen LogP contribution in [-0.4, -0.2) is 43.9 Å². The molecule has 2 aliphatic rings. The van der Waals surface area contributed by atoms with Crippen LogP contribution in [0, 0.1) is 5.92 Å². The average molecular weight is 294 g/mol. The number of thioether (sulfide) groups is 1. The fraction of sp³-hybridized carbons (Fsp3) is 0.786. The van der Waals surface area contributed by atoms with E-state index in [0.717, 1.165) is 17.6 Å². The zero-order chi connectivity index (χ0) is 13.9. The lowest BCUT2D eigenvalue weighted by atomic mass is 9.78. The first kappa shape index (κ1) is 13.9. The lowest BCUT2D eigenvalue weighted by Crippen LogP contribution is -2.50. The number of fused-ring (bicyclic) bond motifs is 1. The number of likely N-dealkylation sites (tertiary alicyclic amines) is 1. The number of piperidine rings is 1. The number of aromatic nitrogens is 3. The number of aryl methyl sites for hydroxylation is 1. The maximum absolute atomic E-state index is 12.5. The van der Waals surface area contributed by atoms with E-state index < -0.39 is 0 Å². The summed E-state index contributed by atoms with van der Waals surface area (Å²) in [5, 5.41) is 8.68. The topological polar surface area (TPSA) is 51.0 Å². The molecule has 1 saturated heterocycles. The van der Waals surface area contributed by atoms with E-state index in [4.69, 9.17) is 0 Å². The molecule has 6 heteroatoms. The number of hydrogen-bond donors (Lipinski definition) is 0. The number of amides is 1. The molecule has 1 aliphatic carbocycles. The molecule has 3 rings (SSSR count). The zero-order valence-electron chi connectivity index (χ0n) is 12.0. The molecule has 1 saturated carbocycles. The molecule has 5 nitrogen and oxygen atoms in total. The Kier molecular flexibility index (Phi) is 4.29. The summed E-state index contributed by atoms with van der Waals surface area (Å²) in [5.74, 6) is 1.51. The molecule has 0 aromatic carbocycles. The average Bonchev–Trinajstić information content (AvgIpc) is 2.89. The summed E-state index contributed by atoms with van der Waals surface area (Å²) in [4.78, 5) is 14.7. The molecular weight excluding hydrogens is 272 g/mol. The molecule has 110 valence electrons. The molecule has 0 N–H and O–H groups in total. The summed E-state index contributed by atoms with van der Waals surface area (Å²) in [6, 6.07) is 0.505. The van der Waals surface area contributed by atoms with Crippen molar-refractivity contribution in [3.63, 3.8) is 0 Å². The van der Waals surface area contributed by atoms with Crippen LogP contribution in [0.5, 0.6) is 0 Å². The van der Waals surface area contributed by atoms with Crippen molar-refractivity contribution in [1.82, 2.24) is 19.7 Å². The van der Waals surface area contributed by atoms with Crippen LogP contribution in [0.4, 0.5) is 0 Å². The van der Waals surface area contributed by atoms with Crippen molar-refractivity contribution in [3.8, 4) is 0 Å². The fourth-order valence-corrected chi connectivity index (χ4v) is 4.32. The third-order valence-electron chi connectivity index (χ3n) is 4.56. The molecular formula is C14H22N4OS. The summed E-state index contributed by atoms with van der Waals surface area (Å²) in [6.07, 6.45) is 9.28. The van der Waals surface area contributed by atoms with Crippen molar-refractivity contribution >= 4 is 17.7 Å². The minimum Gasteiger partial charge on any atom is -0.339 e. The molecule has 1 aliphatic heterocycles. The van der Waals surface area contributed by atoms with Crippen LogP contribution in [0.15, 0.2) is 11.5 Å². The Labute approximate surface area is 124 Å². The lowest BCUT2D eigenvalue weighted by molar-refractivity contribution is -0.134. The van der Waals surface area contributed by atoms with E-state index in [9.17, 15) is 4.79 Å². The molecule has 2 atom stereocenters. The third-order valence-corrected chi connectivity index (χ3v) is 5.58. The maximum atomic E-state index is 12.5. The maximum Gasteiger partial charge on any atom is 0.233 e. The molecule has 1 aromatic rings. The van der Waals surface area contributed by atoms with Gasteiger partial charge in [-0.3, -0.25) is 4.79 Å². The van der Waals surface area contributed by atoms with Gasteiger partial charge in [0, 0.05) is 19.6 Å². The monoisotopic (exact) mass is 294 g/mol. The first-order valence-corrected chi connectivity index (χ1v) is 8.50. The van der Waals surface area contributed by atoms with Gasteiger partial charge >= 0.3 is 0 Å². The highest BCUT2D eigenvalue weighted by Gasteiger charge is 2.35. The fourth-order valence-electron chi connectivity index (χ4n) is 3.55. The number of hydrogen-bond acceptors (Lipinski definition) is 4. The van der Waals surface area contributed by atoms with Gasteiger partial charge in [-0.1, -0.05) is 24.6 Å². The molecule has 0 radical (unpaired) electrons. The quantitative estimate of drug-likeness (QED) is 0.801. The normalized spacial score (nSPS) is 26.4. The number of nitrogens with zero attached hydrogens (tertiary/aromatic N) is 4. The Morgan fingerprint density at radius 1 is 1.35 bits per heavy atom. The molecule has 2 fully saturated rings. The number of carbonyl (C=O) groups is 1. The van der Waals surface area contributed by atoms with Crippen molar-refractivity contribution in [1.29, 1.82) is 0 Å². The van der Waals surface area contributed by atoms with Gasteiger partial charge in [0.05, 0.1) is 5.75 Å². The highest BCUT2D eigenvalue weighted by atomic mass is 32.2. The van der Waals surface area contributed by atoms with E-state index in [0.29, 0.717) is 11.8 Å². The van der Waals surface area contributed by atoms with Crippen LogP contribution in [0.3, 0.4) is 0 Å². The van der Waals surface area contributed by atoms with Crippen molar-refractivity contribution in [2.45, 2.75) is 49.7 Å². The molecule has 1 aromatic heterocycles. The minimum atomic E-state index is 0.273. The Morgan fingerprint density at radius 3 is 2.95 bits per heavy atom. The first-order chi connectivity index (χ1) is 9.75. The van der Waals surface area contributed by atoms with Gasteiger partial charge in [0.1, 0.15) is 6.33 Å². The molecule has 1 amide bonds. The van der Waals surface area contributed by atoms with Gasteiger partial charge in [0.25, 0.3) is 0 Å². The van der Waals surface area contributed by atoms with Crippen LogP contribution in [0.25, 0.3) is 0 Å². The number of carbonyl (C=O) groups excluding carboxylic acids is 1. The van der Waals surface area contributed by atoms with Crippen molar-refractivity contribution < 1.29 is 4.79 Å². The lowest BCUT2D eigenvalue weighted by Gasteiger charge is -2.44. The van der Waals surface area contributed by atoms with Gasteiger partial charge in [-0.25, -0.2) is 0 Å². The van der Waals surface area contributed by atoms with E-state index >= 15 is 0 Å². The molecule has 0 spiro atoms. The van der Waals surface area contributed by atoms with Gasteiger partial charge in [-0.2, -0.15) is 0 Å². The van der Waals surface area contributed by atoms with E-state index in [1.54, 1.807) is 6.33 Å². The Hall–Kier alpha value is -1.04. The molecule has 20 heavy (non-hydrogen) atoms. The summed E-state index contributed by atoms with van der Waals surface area (Å²) in [5.41, 5.74) is 0. The second-order valence-corrected chi connectivity index (χ2v) is 6.80. The SMILES string of the molecule is Cn1cnnc1SCC(=O)N1CCCC2CCCCC21. The van der Waals surface area contributed by atoms with Crippen LogP contribution < -0.4 is 0 Å². The van der Waals surface area contributed by atoms with Crippen LogP contribution in [-0.2, 0) is 11.8 Å². The van der Waals surface area contributed by atoms with Gasteiger partial charge < -0.3 is 9.47 Å². The second-order valence-electron chi connectivity index (χ2n) is 5.85. The summed E-state index contributed by atoms with van der Waals surface area (Å²) in [6.45, 7) is 0.944. The molecule has 0 bridgehead atoms. The zero-order valence-corrected chi connectivity index (χ0v) is 12.8. The van der Waals surface area contributed by atoms with Gasteiger partial charge in [-0.05, 0) is 31.6 Å². The first-order valence-electron chi connectivity index (χ1n) is 7.52. The van der Waals surface area contributed by atoms with Crippen LogP contribution >= 0.6 is 11.8 Å². The van der Waals surface area contributed by atoms with Crippen LogP contribution in [0.1, 0.15) is 38.5 Å². The van der Waals surface area contributed by atoms with Gasteiger partial charge in [0.2, 0.25) is 5.91 Å².